The van der Waals surface area contributed by atoms with E-state index >= 15 is 0 Å². The number of ether oxygens (including phenoxy) is 1. The Morgan fingerprint density at radius 2 is 2.27 bits per heavy atom. The van der Waals surface area contributed by atoms with Crippen LogP contribution < -0.4 is 5.73 Å². The van der Waals surface area contributed by atoms with Crippen LogP contribution in [0.15, 0.2) is 29.3 Å². The second-order valence-corrected chi connectivity index (χ2v) is 3.60. The molecule has 0 fully saturated rings. The number of hydrogen-bond donors (Lipinski definition) is 1. The summed E-state index contributed by atoms with van der Waals surface area (Å²) in [5, 5.41) is 0. The Balaban J connectivity index is 2.48. The molecule has 2 rings (SSSR count). The minimum absolute atomic E-state index is 0.139. The summed E-state index contributed by atoms with van der Waals surface area (Å²) >= 11 is 0. The zero-order valence-electron chi connectivity index (χ0n) is 8.53. The molecule has 1 heterocycles. The van der Waals surface area contributed by atoms with Crippen LogP contribution in [0.5, 0.6) is 0 Å². The molecule has 0 spiro atoms. The van der Waals surface area contributed by atoms with Gasteiger partial charge in [0, 0.05) is 5.56 Å². The maximum absolute atomic E-state index is 13.6. The Morgan fingerprint density at radius 3 is 2.80 bits per heavy atom. The van der Waals surface area contributed by atoms with Gasteiger partial charge in [0.15, 0.2) is 0 Å². The van der Waals surface area contributed by atoms with Gasteiger partial charge in [0.1, 0.15) is 18.0 Å². The van der Waals surface area contributed by atoms with Crippen molar-refractivity contribution in [3.8, 4) is 0 Å². The van der Waals surface area contributed by atoms with Gasteiger partial charge in [-0.25, -0.2) is 9.38 Å². The summed E-state index contributed by atoms with van der Waals surface area (Å²) in [6, 6.07) is 6.74. The summed E-state index contributed by atoms with van der Waals surface area (Å²) in [6.07, 6.45) is 0.661. The zero-order valence-corrected chi connectivity index (χ0v) is 8.53. The SMILES string of the molecule is CCC1(c2ccccc2F)COC(N)=N1. The molecule has 3 nitrogen and oxygen atoms in total. The van der Waals surface area contributed by atoms with Crippen LogP contribution in [0, 0.1) is 5.82 Å². The predicted molar refractivity (Wildman–Crippen MR) is 55.9 cm³/mol. The van der Waals surface area contributed by atoms with Crippen LogP contribution in [0.3, 0.4) is 0 Å². The molecule has 0 aliphatic carbocycles. The molecule has 15 heavy (non-hydrogen) atoms. The van der Waals surface area contributed by atoms with E-state index < -0.39 is 5.54 Å². The molecule has 0 radical (unpaired) electrons. The van der Waals surface area contributed by atoms with Crippen molar-refractivity contribution in [3.63, 3.8) is 0 Å². The van der Waals surface area contributed by atoms with Gasteiger partial charge in [-0.3, -0.25) is 0 Å². The zero-order chi connectivity index (χ0) is 10.9. The number of halogens is 1. The highest BCUT2D eigenvalue weighted by molar-refractivity contribution is 5.74. The first kappa shape index (κ1) is 9.96. The highest BCUT2D eigenvalue weighted by atomic mass is 19.1. The van der Waals surface area contributed by atoms with Gasteiger partial charge in [-0.2, -0.15) is 0 Å². The van der Waals surface area contributed by atoms with Crippen LogP contribution in [0.25, 0.3) is 0 Å². The summed E-state index contributed by atoms with van der Waals surface area (Å²) in [5.41, 5.74) is 5.38. The summed E-state index contributed by atoms with van der Waals surface area (Å²) in [5.74, 6) is -0.263. The predicted octanol–water partition coefficient (Wildman–Crippen LogP) is 1.78. The Bertz CT molecular complexity index is 405. The quantitative estimate of drug-likeness (QED) is 0.805. The molecule has 1 unspecified atom stereocenters. The highest BCUT2D eigenvalue weighted by Gasteiger charge is 2.38. The lowest BCUT2D eigenvalue weighted by molar-refractivity contribution is 0.244. The molecule has 80 valence electrons. The Kier molecular flexibility index (Phi) is 2.34. The fourth-order valence-electron chi connectivity index (χ4n) is 1.82. The van der Waals surface area contributed by atoms with Gasteiger partial charge < -0.3 is 10.5 Å². The van der Waals surface area contributed by atoms with Crippen molar-refractivity contribution in [3.05, 3.63) is 35.6 Å². The molecule has 0 amide bonds. The third kappa shape index (κ3) is 1.56. The van der Waals surface area contributed by atoms with E-state index in [1.165, 1.54) is 6.07 Å². The van der Waals surface area contributed by atoms with Crippen LogP contribution in [-0.2, 0) is 10.3 Å². The van der Waals surface area contributed by atoms with Crippen LogP contribution in [0.2, 0.25) is 0 Å². The first-order valence-corrected chi connectivity index (χ1v) is 4.91. The van der Waals surface area contributed by atoms with E-state index in [0.717, 1.165) is 0 Å². The fraction of sp³-hybridized carbons (Fsp3) is 0.364. The van der Waals surface area contributed by atoms with E-state index in [1.54, 1.807) is 18.2 Å². The highest BCUT2D eigenvalue weighted by Crippen LogP contribution is 2.34. The van der Waals surface area contributed by atoms with E-state index in [4.69, 9.17) is 10.5 Å². The van der Waals surface area contributed by atoms with Gasteiger partial charge in [-0.15, -0.1) is 0 Å². The molecule has 1 aromatic carbocycles. The van der Waals surface area contributed by atoms with Crippen molar-refractivity contribution >= 4 is 6.02 Å². The third-order valence-electron chi connectivity index (χ3n) is 2.74. The van der Waals surface area contributed by atoms with Gasteiger partial charge in [0.05, 0.1) is 0 Å². The molecular weight excluding hydrogens is 195 g/mol. The number of hydrogen-bond acceptors (Lipinski definition) is 3. The molecule has 4 heteroatoms. The summed E-state index contributed by atoms with van der Waals surface area (Å²) in [6.45, 7) is 2.26. The topological polar surface area (TPSA) is 47.6 Å². The molecule has 1 aromatic rings. The summed E-state index contributed by atoms with van der Waals surface area (Å²) < 4.78 is 18.8. The first-order chi connectivity index (χ1) is 7.18. The minimum Gasteiger partial charge on any atom is -0.462 e. The van der Waals surface area contributed by atoms with Crippen molar-refractivity contribution < 1.29 is 9.13 Å². The number of nitrogens with zero attached hydrogens (tertiary/aromatic N) is 1. The van der Waals surface area contributed by atoms with Crippen molar-refractivity contribution in [1.29, 1.82) is 0 Å². The normalized spacial score (nSPS) is 24.8. The van der Waals surface area contributed by atoms with Crippen LogP contribution in [0.4, 0.5) is 4.39 Å². The van der Waals surface area contributed by atoms with Crippen LogP contribution >= 0.6 is 0 Å². The number of benzene rings is 1. The Labute approximate surface area is 87.8 Å². The second kappa shape index (κ2) is 3.53. The fourth-order valence-corrected chi connectivity index (χ4v) is 1.82. The maximum atomic E-state index is 13.6. The van der Waals surface area contributed by atoms with Crippen molar-refractivity contribution in [2.24, 2.45) is 10.7 Å². The summed E-state index contributed by atoms with van der Waals surface area (Å²) in [7, 11) is 0. The monoisotopic (exact) mass is 208 g/mol. The van der Waals surface area contributed by atoms with Crippen molar-refractivity contribution in [1.82, 2.24) is 0 Å². The van der Waals surface area contributed by atoms with Gasteiger partial charge >= 0.3 is 0 Å². The summed E-state index contributed by atoms with van der Waals surface area (Å²) in [4.78, 5) is 4.20. The number of aliphatic imine (C=N–C) groups is 1. The lowest BCUT2D eigenvalue weighted by Gasteiger charge is -2.22. The lowest BCUT2D eigenvalue weighted by Crippen LogP contribution is -2.25. The molecule has 0 aromatic heterocycles. The first-order valence-electron chi connectivity index (χ1n) is 4.91. The molecule has 1 aliphatic heterocycles. The molecule has 0 bridgehead atoms. The van der Waals surface area contributed by atoms with Gasteiger partial charge in [0.2, 0.25) is 0 Å². The molecular formula is C11H13FN2O. The third-order valence-corrected chi connectivity index (χ3v) is 2.74. The Morgan fingerprint density at radius 1 is 1.53 bits per heavy atom. The molecule has 2 N–H and O–H groups in total. The van der Waals surface area contributed by atoms with Gasteiger partial charge in [0.25, 0.3) is 6.02 Å². The van der Waals surface area contributed by atoms with E-state index in [1.807, 2.05) is 6.92 Å². The smallest absolute Gasteiger partial charge is 0.283 e. The van der Waals surface area contributed by atoms with Crippen molar-refractivity contribution in [2.45, 2.75) is 18.9 Å². The average Bonchev–Trinajstić information content (AvgIpc) is 2.62. The van der Waals surface area contributed by atoms with Crippen LogP contribution in [0.1, 0.15) is 18.9 Å². The molecule has 1 atom stereocenters. The van der Waals surface area contributed by atoms with E-state index in [9.17, 15) is 4.39 Å². The van der Waals surface area contributed by atoms with Gasteiger partial charge in [-0.05, 0) is 12.5 Å². The minimum atomic E-state index is -0.643. The second-order valence-electron chi connectivity index (χ2n) is 3.60. The van der Waals surface area contributed by atoms with E-state index in [0.29, 0.717) is 18.6 Å². The maximum Gasteiger partial charge on any atom is 0.283 e. The Hall–Kier alpha value is -1.58. The van der Waals surface area contributed by atoms with E-state index in [-0.39, 0.29) is 11.8 Å². The number of nitrogens with two attached hydrogens (primary N) is 1. The average molecular weight is 208 g/mol. The standard InChI is InChI=1S/C11H13FN2O/c1-2-11(7-15-10(13)14-11)8-5-3-4-6-9(8)12/h3-6H,2,7H2,1H3,(H2,13,14). The van der Waals surface area contributed by atoms with Gasteiger partial charge in [-0.1, -0.05) is 25.1 Å². The van der Waals surface area contributed by atoms with Crippen molar-refractivity contribution in [2.75, 3.05) is 6.61 Å². The largest absolute Gasteiger partial charge is 0.462 e. The lowest BCUT2D eigenvalue weighted by atomic mass is 9.89. The molecule has 1 aliphatic rings. The molecule has 0 saturated heterocycles. The number of amidine groups is 1. The molecule has 0 saturated carbocycles. The van der Waals surface area contributed by atoms with E-state index in [2.05, 4.69) is 4.99 Å². The number of rotatable bonds is 2. The van der Waals surface area contributed by atoms with Crippen LogP contribution in [-0.4, -0.2) is 12.6 Å².